The van der Waals surface area contributed by atoms with E-state index in [0.29, 0.717) is 53.4 Å². The lowest BCUT2D eigenvalue weighted by Gasteiger charge is -2.22. The molecule has 2 heterocycles. The van der Waals surface area contributed by atoms with Crippen LogP contribution in [0.25, 0.3) is 22.6 Å². The van der Waals surface area contributed by atoms with Crippen LogP contribution in [0.5, 0.6) is 40.2 Å². The predicted molar refractivity (Wildman–Crippen MR) is 210 cm³/mol. The molecule has 11 heteroatoms. The summed E-state index contributed by atoms with van der Waals surface area (Å²) in [5.74, 6) is 5.00. The molecule has 0 amide bonds. The summed E-state index contributed by atoms with van der Waals surface area (Å²) in [6, 6.07) is 25.4. The van der Waals surface area contributed by atoms with Crippen molar-refractivity contribution in [2.75, 3.05) is 54.1 Å². The normalized spacial score (nSPS) is 13.1. The molecular formula is C43H49N3O8. The number of nitrogens with one attached hydrogen (secondary N) is 1. The summed E-state index contributed by atoms with van der Waals surface area (Å²) < 4.78 is 45.7. The monoisotopic (exact) mass is 735 g/mol. The second kappa shape index (κ2) is 18.8. The van der Waals surface area contributed by atoms with Crippen LogP contribution in [-0.2, 0) is 0 Å². The fourth-order valence-corrected chi connectivity index (χ4v) is 6.39. The van der Waals surface area contributed by atoms with Crippen LogP contribution in [0.15, 0.2) is 88.4 Å². The summed E-state index contributed by atoms with van der Waals surface area (Å²) >= 11 is 0. The maximum Gasteiger partial charge on any atom is 0.203 e. The molecule has 0 radical (unpaired) electrons. The topological polar surface area (TPSA) is 115 Å². The summed E-state index contributed by atoms with van der Waals surface area (Å²) in [7, 11) is 8.05. The summed E-state index contributed by atoms with van der Waals surface area (Å²) in [6.45, 7) is 1.25. The van der Waals surface area contributed by atoms with Crippen LogP contribution < -0.4 is 38.5 Å². The smallest absolute Gasteiger partial charge is 0.203 e. The maximum atomic E-state index is 6.17. The van der Waals surface area contributed by atoms with Crippen LogP contribution in [0.2, 0.25) is 0 Å². The van der Waals surface area contributed by atoms with Gasteiger partial charge in [-0.3, -0.25) is 4.99 Å². The number of benzene rings is 4. The van der Waals surface area contributed by atoms with Gasteiger partial charge in [0.2, 0.25) is 5.75 Å². The van der Waals surface area contributed by atoms with Crippen molar-refractivity contribution in [2.45, 2.75) is 51.1 Å². The Hall–Kier alpha value is -5.84. The third-order valence-corrected chi connectivity index (χ3v) is 9.34. The van der Waals surface area contributed by atoms with E-state index in [4.69, 9.17) is 37.7 Å². The molecule has 6 rings (SSSR count). The van der Waals surface area contributed by atoms with Gasteiger partial charge in [0, 0.05) is 40.2 Å². The van der Waals surface area contributed by atoms with Gasteiger partial charge in [0.25, 0.3) is 0 Å². The first-order valence-electron chi connectivity index (χ1n) is 18.3. The first-order valence-corrected chi connectivity index (χ1v) is 18.3. The molecule has 5 aromatic rings. The molecule has 0 fully saturated rings. The lowest BCUT2D eigenvalue weighted by atomic mass is 10.1. The summed E-state index contributed by atoms with van der Waals surface area (Å²) in [6.07, 6.45) is 9.40. The van der Waals surface area contributed by atoms with Crippen molar-refractivity contribution in [3.8, 4) is 62.8 Å². The van der Waals surface area contributed by atoms with Gasteiger partial charge in [0.1, 0.15) is 11.9 Å². The Morgan fingerprint density at radius 2 is 1.20 bits per heavy atom. The zero-order chi connectivity index (χ0) is 37.7. The van der Waals surface area contributed by atoms with Gasteiger partial charge >= 0.3 is 0 Å². The van der Waals surface area contributed by atoms with E-state index in [2.05, 4.69) is 21.5 Å². The molecule has 4 aromatic carbocycles. The van der Waals surface area contributed by atoms with Gasteiger partial charge in [-0.2, -0.15) is 0 Å². The Bertz CT molecular complexity index is 1980. The van der Waals surface area contributed by atoms with Gasteiger partial charge in [-0.15, -0.1) is 0 Å². The highest BCUT2D eigenvalue weighted by Gasteiger charge is 2.19. The molecule has 0 saturated carbocycles. The number of aliphatic imine (C=N–C) groups is 1. The lowest BCUT2D eigenvalue weighted by Crippen LogP contribution is -2.14. The van der Waals surface area contributed by atoms with E-state index >= 15 is 0 Å². The van der Waals surface area contributed by atoms with Crippen LogP contribution in [0.1, 0.15) is 62.2 Å². The SMILES string of the molecule is COc1cc(C2N=Cc3ccccc3N2)ccc1OCCCCCCCCCOc1cc(-c2cc(-c3cc(OC)c(OC)c(OC)c3)no2)ccc1OC. The molecule has 1 aromatic heterocycles. The molecular weight excluding hydrogens is 686 g/mol. The molecule has 11 nitrogen and oxygen atoms in total. The van der Waals surface area contributed by atoms with E-state index in [1.165, 1.54) is 6.42 Å². The number of nitrogens with zero attached hydrogens (tertiary/aromatic N) is 2. The minimum Gasteiger partial charge on any atom is -0.493 e. The van der Waals surface area contributed by atoms with Gasteiger partial charge in [-0.1, -0.05) is 61.5 Å². The standard InChI is InChI=1S/C43H49N3O8/c1-47-35-19-17-29(37-27-34(46-54-37)32-25-40(49-3)42(51-5)41(26-32)50-4)23-39(35)53-22-14-10-8-6-7-9-13-21-52-36-20-18-30(24-38(36)48-2)43-44-28-31-15-11-12-16-33(31)45-43/h11-12,15-20,23-28,43,45H,6-10,13-14,21-22H2,1-5H3. The zero-order valence-electron chi connectivity index (χ0n) is 31.7. The number of hydrogen-bond acceptors (Lipinski definition) is 11. The van der Waals surface area contributed by atoms with Crippen molar-refractivity contribution in [1.29, 1.82) is 0 Å². The molecule has 1 aliphatic rings. The Labute approximate surface area is 317 Å². The molecule has 284 valence electrons. The van der Waals surface area contributed by atoms with Gasteiger partial charge < -0.3 is 43.0 Å². The first-order chi connectivity index (χ1) is 26.5. The molecule has 0 saturated heterocycles. The highest BCUT2D eigenvalue weighted by atomic mass is 16.5. The number of fused-ring (bicyclic) bond motifs is 1. The van der Waals surface area contributed by atoms with Gasteiger partial charge in [0.05, 0.1) is 48.8 Å². The average Bonchev–Trinajstić information content (AvgIpc) is 3.72. The van der Waals surface area contributed by atoms with E-state index in [1.54, 1.807) is 35.5 Å². The Kier molecular flexibility index (Phi) is 13.2. The minimum atomic E-state index is -0.161. The van der Waals surface area contributed by atoms with Gasteiger partial charge in [0.15, 0.2) is 40.3 Å². The summed E-state index contributed by atoms with van der Waals surface area (Å²) in [5, 5.41) is 7.78. The van der Waals surface area contributed by atoms with E-state index in [1.807, 2.05) is 79.0 Å². The van der Waals surface area contributed by atoms with E-state index in [-0.39, 0.29) is 6.17 Å². The summed E-state index contributed by atoms with van der Waals surface area (Å²) in [5.41, 5.74) is 5.42. The Morgan fingerprint density at radius 3 is 1.89 bits per heavy atom. The van der Waals surface area contributed by atoms with Crippen LogP contribution in [0.3, 0.4) is 0 Å². The fourth-order valence-electron chi connectivity index (χ4n) is 6.39. The molecule has 0 bridgehead atoms. The largest absolute Gasteiger partial charge is 0.493 e. The van der Waals surface area contributed by atoms with Gasteiger partial charge in [-0.25, -0.2) is 0 Å². The Balaban J connectivity index is 0.898. The number of hydrogen-bond donors (Lipinski definition) is 1. The third-order valence-electron chi connectivity index (χ3n) is 9.34. The maximum absolute atomic E-state index is 6.17. The average molecular weight is 736 g/mol. The molecule has 0 spiro atoms. The molecule has 1 aliphatic heterocycles. The molecule has 54 heavy (non-hydrogen) atoms. The molecule has 1 unspecified atom stereocenters. The number of aromatic nitrogens is 1. The number of para-hydroxylation sites is 1. The van der Waals surface area contributed by atoms with Crippen LogP contribution >= 0.6 is 0 Å². The molecule has 0 aliphatic carbocycles. The third kappa shape index (κ3) is 9.20. The lowest BCUT2D eigenvalue weighted by molar-refractivity contribution is 0.281. The van der Waals surface area contributed by atoms with Crippen molar-refractivity contribution in [3.63, 3.8) is 0 Å². The number of methoxy groups -OCH3 is 5. The fraction of sp³-hybridized carbons (Fsp3) is 0.349. The van der Waals surface area contributed by atoms with Crippen LogP contribution in [0.4, 0.5) is 5.69 Å². The molecule has 1 atom stereocenters. The predicted octanol–water partition coefficient (Wildman–Crippen LogP) is 9.78. The van der Waals surface area contributed by atoms with E-state index in [0.717, 1.165) is 78.0 Å². The first kappa shape index (κ1) is 37.9. The van der Waals surface area contributed by atoms with Crippen molar-refractivity contribution in [3.05, 3.63) is 90.0 Å². The number of anilines is 1. The second-order valence-electron chi connectivity index (χ2n) is 12.9. The quantitative estimate of drug-likeness (QED) is 0.0775. The Morgan fingerprint density at radius 1 is 0.574 bits per heavy atom. The van der Waals surface area contributed by atoms with E-state index in [9.17, 15) is 0 Å². The number of unbranched alkanes of at least 4 members (excludes halogenated alkanes) is 6. The van der Waals surface area contributed by atoms with Crippen molar-refractivity contribution >= 4 is 11.9 Å². The van der Waals surface area contributed by atoms with Crippen LogP contribution in [0, 0.1) is 0 Å². The molecule has 1 N–H and O–H groups in total. The zero-order valence-corrected chi connectivity index (χ0v) is 31.7. The minimum absolute atomic E-state index is 0.161. The van der Waals surface area contributed by atoms with Gasteiger partial charge in [-0.05, 0) is 61.4 Å². The van der Waals surface area contributed by atoms with Crippen molar-refractivity contribution < 1.29 is 37.7 Å². The van der Waals surface area contributed by atoms with E-state index < -0.39 is 0 Å². The van der Waals surface area contributed by atoms with Crippen LogP contribution in [-0.4, -0.2) is 60.1 Å². The number of rotatable bonds is 20. The van der Waals surface area contributed by atoms with Crippen molar-refractivity contribution in [1.82, 2.24) is 5.16 Å². The summed E-state index contributed by atoms with van der Waals surface area (Å²) in [4.78, 5) is 4.67. The number of ether oxygens (including phenoxy) is 7. The van der Waals surface area contributed by atoms with Crippen molar-refractivity contribution in [2.24, 2.45) is 4.99 Å². The second-order valence-corrected chi connectivity index (χ2v) is 12.9. The highest BCUT2D eigenvalue weighted by Crippen LogP contribution is 2.42. The highest BCUT2D eigenvalue weighted by molar-refractivity contribution is 5.89.